The van der Waals surface area contributed by atoms with E-state index in [2.05, 4.69) is 5.32 Å². The van der Waals surface area contributed by atoms with Crippen molar-refractivity contribution in [2.45, 2.75) is 6.92 Å². The Balaban J connectivity index is 2.94. The Kier molecular flexibility index (Phi) is 3.77. The number of carbonyl (C=O) groups excluding carboxylic acids is 1. The lowest BCUT2D eigenvalue weighted by molar-refractivity contribution is 0.0963. The van der Waals surface area contributed by atoms with Gasteiger partial charge in [0, 0.05) is 12.6 Å². The first kappa shape index (κ1) is 10.9. The van der Waals surface area contributed by atoms with E-state index in [4.69, 9.17) is 16.3 Å². The molecule has 0 heterocycles. The highest BCUT2D eigenvalue weighted by Gasteiger charge is 2.07. The Hall–Kier alpha value is -1.22. The maximum atomic E-state index is 11.2. The molecule has 0 saturated heterocycles. The summed E-state index contributed by atoms with van der Waals surface area (Å²) in [4.78, 5) is 11.2. The van der Waals surface area contributed by atoms with E-state index in [1.54, 1.807) is 25.2 Å². The molecule has 76 valence electrons. The zero-order valence-electron chi connectivity index (χ0n) is 8.13. The fourth-order valence-electron chi connectivity index (χ4n) is 1.06. The lowest BCUT2D eigenvalue weighted by Gasteiger charge is -2.06. The van der Waals surface area contributed by atoms with E-state index in [1.165, 1.54) is 0 Å². The molecular formula is C10H12ClNO2. The topological polar surface area (TPSA) is 38.3 Å². The van der Waals surface area contributed by atoms with Gasteiger partial charge in [0.15, 0.2) is 0 Å². The van der Waals surface area contributed by atoms with Gasteiger partial charge < -0.3 is 10.1 Å². The molecule has 0 unspecified atom stereocenters. The Bertz CT molecular complexity index is 339. The summed E-state index contributed by atoms with van der Waals surface area (Å²) in [6, 6.07) is 4.96. The standard InChI is InChI=1S/C10H12ClNO2/c1-3-14-9-5-4-7(6-8(9)11)10(13)12-2/h4-6H,3H2,1-2H3,(H,12,13). The molecule has 0 fully saturated rings. The molecule has 0 atom stereocenters. The van der Waals surface area contributed by atoms with Crippen LogP contribution in [0.15, 0.2) is 18.2 Å². The average molecular weight is 214 g/mol. The summed E-state index contributed by atoms with van der Waals surface area (Å²) in [5.74, 6) is 0.441. The molecule has 0 aromatic heterocycles. The monoisotopic (exact) mass is 213 g/mol. The number of rotatable bonds is 3. The lowest BCUT2D eigenvalue weighted by atomic mass is 10.2. The molecule has 0 aliphatic rings. The Labute approximate surface area is 88.0 Å². The third-order valence-electron chi connectivity index (χ3n) is 1.72. The summed E-state index contributed by atoms with van der Waals surface area (Å²) in [5.41, 5.74) is 0.529. The third kappa shape index (κ3) is 2.39. The summed E-state index contributed by atoms with van der Waals surface area (Å²) >= 11 is 5.90. The van der Waals surface area contributed by atoms with E-state index in [9.17, 15) is 4.79 Å². The van der Waals surface area contributed by atoms with Crippen LogP contribution in [0.2, 0.25) is 5.02 Å². The largest absolute Gasteiger partial charge is 0.492 e. The number of hydrogen-bond acceptors (Lipinski definition) is 2. The van der Waals surface area contributed by atoms with E-state index < -0.39 is 0 Å². The first-order valence-electron chi connectivity index (χ1n) is 4.33. The van der Waals surface area contributed by atoms with Gasteiger partial charge >= 0.3 is 0 Å². The molecule has 0 spiro atoms. The van der Waals surface area contributed by atoms with Crippen molar-refractivity contribution in [1.29, 1.82) is 0 Å². The average Bonchev–Trinajstić information content (AvgIpc) is 2.20. The van der Waals surface area contributed by atoms with Crippen LogP contribution in [0.5, 0.6) is 5.75 Å². The first-order chi connectivity index (χ1) is 6.69. The molecule has 0 aliphatic heterocycles. The van der Waals surface area contributed by atoms with Crippen molar-refractivity contribution in [3.8, 4) is 5.75 Å². The van der Waals surface area contributed by atoms with Gasteiger partial charge in [-0.05, 0) is 25.1 Å². The molecule has 0 aliphatic carbocycles. The quantitative estimate of drug-likeness (QED) is 0.835. The highest BCUT2D eigenvalue weighted by molar-refractivity contribution is 6.32. The lowest BCUT2D eigenvalue weighted by Crippen LogP contribution is -2.17. The number of ether oxygens (including phenoxy) is 1. The van der Waals surface area contributed by atoms with E-state index >= 15 is 0 Å². The zero-order chi connectivity index (χ0) is 10.6. The van der Waals surface area contributed by atoms with Gasteiger partial charge in [-0.3, -0.25) is 4.79 Å². The maximum Gasteiger partial charge on any atom is 0.251 e. The smallest absolute Gasteiger partial charge is 0.251 e. The van der Waals surface area contributed by atoms with E-state index in [1.807, 2.05) is 6.92 Å². The summed E-state index contributed by atoms with van der Waals surface area (Å²) in [6.45, 7) is 2.43. The van der Waals surface area contributed by atoms with Crippen molar-refractivity contribution < 1.29 is 9.53 Å². The highest BCUT2D eigenvalue weighted by Crippen LogP contribution is 2.25. The fraction of sp³-hybridized carbons (Fsp3) is 0.300. The van der Waals surface area contributed by atoms with Gasteiger partial charge in [-0.2, -0.15) is 0 Å². The van der Waals surface area contributed by atoms with Crippen LogP contribution in [0.4, 0.5) is 0 Å². The molecule has 1 rings (SSSR count). The molecule has 1 aromatic rings. The number of hydrogen-bond donors (Lipinski definition) is 1. The summed E-state index contributed by atoms with van der Waals surface area (Å²) in [6.07, 6.45) is 0. The molecule has 1 amide bonds. The van der Waals surface area contributed by atoms with Gasteiger partial charge in [0.1, 0.15) is 5.75 Å². The predicted octanol–water partition coefficient (Wildman–Crippen LogP) is 2.10. The van der Waals surface area contributed by atoms with Gasteiger partial charge in [0.2, 0.25) is 0 Å². The predicted molar refractivity (Wildman–Crippen MR) is 56.0 cm³/mol. The van der Waals surface area contributed by atoms with Crippen LogP contribution < -0.4 is 10.1 Å². The second kappa shape index (κ2) is 4.86. The minimum Gasteiger partial charge on any atom is -0.492 e. The van der Waals surface area contributed by atoms with Crippen LogP contribution in [0, 0.1) is 0 Å². The molecule has 14 heavy (non-hydrogen) atoms. The molecule has 0 bridgehead atoms. The van der Waals surface area contributed by atoms with Crippen molar-refractivity contribution in [2.75, 3.05) is 13.7 Å². The minimum atomic E-state index is -0.157. The molecule has 0 radical (unpaired) electrons. The third-order valence-corrected chi connectivity index (χ3v) is 2.02. The van der Waals surface area contributed by atoms with Crippen LogP contribution >= 0.6 is 11.6 Å². The van der Waals surface area contributed by atoms with E-state index in [0.29, 0.717) is 22.9 Å². The summed E-state index contributed by atoms with van der Waals surface area (Å²) in [5, 5.41) is 2.97. The maximum absolute atomic E-state index is 11.2. The van der Waals surface area contributed by atoms with Crippen LogP contribution in [0.3, 0.4) is 0 Å². The molecule has 3 nitrogen and oxygen atoms in total. The Morgan fingerprint density at radius 2 is 2.29 bits per heavy atom. The van der Waals surface area contributed by atoms with Gasteiger partial charge in [0.05, 0.1) is 11.6 Å². The Morgan fingerprint density at radius 1 is 1.57 bits per heavy atom. The Morgan fingerprint density at radius 3 is 2.79 bits per heavy atom. The van der Waals surface area contributed by atoms with Crippen molar-refractivity contribution in [2.24, 2.45) is 0 Å². The van der Waals surface area contributed by atoms with Crippen molar-refractivity contribution in [3.05, 3.63) is 28.8 Å². The number of amides is 1. The fourth-order valence-corrected chi connectivity index (χ4v) is 1.29. The van der Waals surface area contributed by atoms with Crippen LogP contribution in [-0.4, -0.2) is 19.6 Å². The van der Waals surface area contributed by atoms with Gasteiger partial charge in [-0.15, -0.1) is 0 Å². The van der Waals surface area contributed by atoms with Crippen molar-refractivity contribution in [1.82, 2.24) is 5.32 Å². The molecule has 1 aromatic carbocycles. The second-order valence-electron chi connectivity index (χ2n) is 2.66. The SMILES string of the molecule is CCOc1ccc(C(=O)NC)cc1Cl. The normalized spacial score (nSPS) is 9.64. The first-order valence-corrected chi connectivity index (χ1v) is 4.71. The van der Waals surface area contributed by atoms with Crippen LogP contribution in [-0.2, 0) is 0 Å². The number of halogens is 1. The van der Waals surface area contributed by atoms with Gasteiger partial charge in [-0.25, -0.2) is 0 Å². The highest BCUT2D eigenvalue weighted by atomic mass is 35.5. The number of nitrogens with one attached hydrogen (secondary N) is 1. The van der Waals surface area contributed by atoms with E-state index in [-0.39, 0.29) is 5.91 Å². The molecule has 1 N–H and O–H groups in total. The van der Waals surface area contributed by atoms with Gasteiger partial charge in [-0.1, -0.05) is 11.6 Å². The van der Waals surface area contributed by atoms with Crippen LogP contribution in [0.25, 0.3) is 0 Å². The molecule has 0 saturated carbocycles. The summed E-state index contributed by atoms with van der Waals surface area (Å²) in [7, 11) is 1.58. The van der Waals surface area contributed by atoms with Crippen molar-refractivity contribution >= 4 is 17.5 Å². The van der Waals surface area contributed by atoms with E-state index in [0.717, 1.165) is 0 Å². The molecule has 4 heteroatoms. The second-order valence-corrected chi connectivity index (χ2v) is 3.06. The van der Waals surface area contributed by atoms with Crippen LogP contribution in [0.1, 0.15) is 17.3 Å². The molecular weight excluding hydrogens is 202 g/mol. The minimum absolute atomic E-state index is 0.157. The zero-order valence-corrected chi connectivity index (χ0v) is 8.89. The summed E-state index contributed by atoms with van der Waals surface area (Å²) < 4.78 is 5.24. The van der Waals surface area contributed by atoms with Gasteiger partial charge in [0.25, 0.3) is 5.91 Å². The van der Waals surface area contributed by atoms with Crippen molar-refractivity contribution in [3.63, 3.8) is 0 Å². The number of carbonyl (C=O) groups is 1. The number of benzene rings is 1.